The van der Waals surface area contributed by atoms with Crippen LogP contribution in [0, 0.1) is 18.3 Å². The van der Waals surface area contributed by atoms with Gasteiger partial charge in [0, 0.05) is 38.1 Å². The molecule has 0 N–H and O–H groups in total. The molecule has 146 valence electrons. The third-order valence-electron chi connectivity index (χ3n) is 5.75. The van der Waals surface area contributed by atoms with E-state index in [-0.39, 0.29) is 6.04 Å². The zero-order valence-electron chi connectivity index (χ0n) is 16.2. The van der Waals surface area contributed by atoms with Crippen molar-refractivity contribution in [1.82, 2.24) is 35.1 Å². The summed E-state index contributed by atoms with van der Waals surface area (Å²) < 4.78 is 0. The summed E-state index contributed by atoms with van der Waals surface area (Å²) in [6, 6.07) is 10.8. The lowest BCUT2D eigenvalue weighted by molar-refractivity contribution is 0.170. The molecule has 9 heteroatoms. The summed E-state index contributed by atoms with van der Waals surface area (Å²) in [4.78, 5) is 14.8. The van der Waals surface area contributed by atoms with E-state index in [1.165, 1.54) is 5.56 Å². The Morgan fingerprint density at radius 3 is 2.90 bits per heavy atom. The first kappa shape index (κ1) is 17.7. The highest BCUT2D eigenvalue weighted by molar-refractivity contribution is 5.50. The largest absolute Gasteiger partial charge is 0.351 e. The Morgan fingerprint density at radius 2 is 2.03 bits per heavy atom. The van der Waals surface area contributed by atoms with E-state index < -0.39 is 0 Å². The molecule has 0 unspecified atom stereocenters. The van der Waals surface area contributed by atoms with Crippen LogP contribution in [0.25, 0.3) is 5.69 Å². The zero-order chi connectivity index (χ0) is 19.8. The average Bonchev–Trinajstić information content (AvgIpc) is 3.40. The van der Waals surface area contributed by atoms with Crippen molar-refractivity contribution in [2.45, 2.75) is 31.8 Å². The first-order valence-corrected chi connectivity index (χ1v) is 9.81. The van der Waals surface area contributed by atoms with Crippen LogP contribution in [0.5, 0.6) is 0 Å². The molecule has 2 aliphatic heterocycles. The van der Waals surface area contributed by atoms with Crippen molar-refractivity contribution in [1.29, 1.82) is 5.26 Å². The van der Waals surface area contributed by atoms with Crippen LogP contribution in [0.4, 0.5) is 5.82 Å². The molecule has 0 bridgehead atoms. The van der Waals surface area contributed by atoms with Crippen LogP contribution >= 0.6 is 0 Å². The first-order chi connectivity index (χ1) is 14.2. The topological polar surface area (TPSA) is 99.7 Å². The molecular weight excluding hydrogens is 366 g/mol. The van der Waals surface area contributed by atoms with Crippen molar-refractivity contribution in [3.05, 3.63) is 53.7 Å². The van der Waals surface area contributed by atoms with Crippen LogP contribution in [0.1, 0.15) is 36.0 Å². The van der Waals surface area contributed by atoms with Crippen LogP contribution in [-0.4, -0.2) is 60.8 Å². The van der Waals surface area contributed by atoms with Gasteiger partial charge in [-0.15, -0.1) is 15.0 Å². The van der Waals surface area contributed by atoms with Gasteiger partial charge in [-0.05, 0) is 42.7 Å². The standard InChI is InChI=1S/C20H21N9/c1-14-3-2-4-15(11-14)29-25-19(24-26-29)18-6-5-16-13-27(9-10-28(16)18)20-17(12-21)22-7-8-23-20/h2-4,7-8,11,16,18H,5-6,9-10,13H2,1H3/t16-,18+/m0/s1. The number of piperazine rings is 1. The second-order valence-electron chi connectivity index (χ2n) is 7.55. The monoisotopic (exact) mass is 387 g/mol. The van der Waals surface area contributed by atoms with Gasteiger partial charge >= 0.3 is 0 Å². The highest BCUT2D eigenvalue weighted by Crippen LogP contribution is 2.37. The van der Waals surface area contributed by atoms with E-state index in [0.717, 1.165) is 44.0 Å². The molecule has 1 aromatic carbocycles. The summed E-state index contributed by atoms with van der Waals surface area (Å²) in [5.41, 5.74) is 2.48. The molecule has 0 spiro atoms. The maximum absolute atomic E-state index is 9.33. The number of hydrogen-bond acceptors (Lipinski definition) is 8. The molecule has 5 rings (SSSR count). The van der Waals surface area contributed by atoms with Gasteiger partial charge in [-0.25, -0.2) is 9.97 Å². The number of nitriles is 1. The van der Waals surface area contributed by atoms with Crippen molar-refractivity contribution in [2.75, 3.05) is 24.5 Å². The lowest BCUT2D eigenvalue weighted by Crippen LogP contribution is -2.51. The third kappa shape index (κ3) is 3.21. The summed E-state index contributed by atoms with van der Waals surface area (Å²) in [6.07, 6.45) is 5.27. The van der Waals surface area contributed by atoms with Gasteiger partial charge in [-0.1, -0.05) is 12.1 Å². The van der Waals surface area contributed by atoms with E-state index in [1.54, 1.807) is 17.2 Å². The fourth-order valence-electron chi connectivity index (χ4n) is 4.38. The van der Waals surface area contributed by atoms with Gasteiger partial charge in [-0.3, -0.25) is 4.90 Å². The number of tetrazole rings is 1. The van der Waals surface area contributed by atoms with Gasteiger partial charge in [0.1, 0.15) is 6.07 Å². The molecule has 29 heavy (non-hydrogen) atoms. The first-order valence-electron chi connectivity index (χ1n) is 9.81. The minimum atomic E-state index is 0.179. The Balaban J connectivity index is 1.33. The summed E-state index contributed by atoms with van der Waals surface area (Å²) in [5.74, 6) is 1.46. The molecule has 2 saturated heterocycles. The lowest BCUT2D eigenvalue weighted by Gasteiger charge is -2.39. The van der Waals surface area contributed by atoms with Crippen molar-refractivity contribution >= 4 is 5.82 Å². The van der Waals surface area contributed by atoms with Crippen molar-refractivity contribution < 1.29 is 0 Å². The number of anilines is 1. The van der Waals surface area contributed by atoms with Gasteiger partial charge in [0.05, 0.1) is 11.7 Å². The maximum atomic E-state index is 9.33. The third-order valence-corrected chi connectivity index (χ3v) is 5.75. The predicted octanol–water partition coefficient (Wildman–Crippen LogP) is 1.66. The molecule has 0 saturated carbocycles. The van der Waals surface area contributed by atoms with E-state index in [9.17, 15) is 5.26 Å². The summed E-state index contributed by atoms with van der Waals surface area (Å²) in [6.45, 7) is 4.55. The highest BCUT2D eigenvalue weighted by atomic mass is 15.6. The average molecular weight is 387 g/mol. The Hall–Kier alpha value is -3.38. The van der Waals surface area contributed by atoms with Gasteiger partial charge in [0.15, 0.2) is 17.3 Å². The van der Waals surface area contributed by atoms with Crippen LogP contribution in [-0.2, 0) is 0 Å². The molecule has 2 atom stereocenters. The zero-order valence-corrected chi connectivity index (χ0v) is 16.2. The number of benzene rings is 1. The number of hydrogen-bond donors (Lipinski definition) is 0. The SMILES string of the molecule is Cc1cccc(-n2nnc([C@H]3CC[C@H]4CN(c5nccnc5C#N)CCN43)n2)c1. The fourth-order valence-corrected chi connectivity index (χ4v) is 4.38. The normalized spacial score (nSPS) is 21.7. The molecule has 9 nitrogen and oxygen atoms in total. The molecule has 2 fully saturated rings. The summed E-state index contributed by atoms with van der Waals surface area (Å²) in [7, 11) is 0. The van der Waals surface area contributed by atoms with E-state index in [2.05, 4.69) is 60.3 Å². The molecular formula is C20H21N9. The quantitative estimate of drug-likeness (QED) is 0.669. The summed E-state index contributed by atoms with van der Waals surface area (Å²) >= 11 is 0. The Labute approximate surface area is 168 Å². The van der Waals surface area contributed by atoms with Gasteiger partial charge in [-0.2, -0.15) is 5.26 Å². The van der Waals surface area contributed by atoms with Crippen LogP contribution in [0.2, 0.25) is 0 Å². The minimum absolute atomic E-state index is 0.179. The fraction of sp³-hybridized carbons (Fsp3) is 0.400. The highest BCUT2D eigenvalue weighted by Gasteiger charge is 2.40. The van der Waals surface area contributed by atoms with E-state index >= 15 is 0 Å². The molecule has 0 amide bonds. The maximum Gasteiger partial charge on any atom is 0.192 e. The van der Waals surface area contributed by atoms with Gasteiger partial charge in [0.25, 0.3) is 0 Å². The van der Waals surface area contributed by atoms with E-state index in [4.69, 9.17) is 0 Å². The second-order valence-corrected chi connectivity index (χ2v) is 7.55. The van der Waals surface area contributed by atoms with Crippen molar-refractivity contribution in [2.24, 2.45) is 0 Å². The smallest absolute Gasteiger partial charge is 0.192 e. The summed E-state index contributed by atoms with van der Waals surface area (Å²) in [5, 5.41) is 22.6. The van der Waals surface area contributed by atoms with Gasteiger partial charge in [0.2, 0.25) is 0 Å². The van der Waals surface area contributed by atoms with E-state index in [1.807, 2.05) is 12.1 Å². The van der Waals surface area contributed by atoms with Crippen LogP contribution in [0.3, 0.4) is 0 Å². The Bertz CT molecular complexity index is 1070. The van der Waals surface area contributed by atoms with Gasteiger partial charge < -0.3 is 4.90 Å². The number of fused-ring (bicyclic) bond motifs is 1. The Morgan fingerprint density at radius 1 is 1.14 bits per heavy atom. The minimum Gasteiger partial charge on any atom is -0.351 e. The Kier molecular flexibility index (Phi) is 4.41. The number of nitrogens with zero attached hydrogens (tertiary/aromatic N) is 9. The van der Waals surface area contributed by atoms with Crippen molar-refractivity contribution in [3.63, 3.8) is 0 Å². The second kappa shape index (κ2) is 7.22. The lowest BCUT2D eigenvalue weighted by atomic mass is 10.1. The number of aryl methyl sites for hydroxylation is 1. The molecule has 2 aromatic heterocycles. The molecule has 4 heterocycles. The predicted molar refractivity (Wildman–Crippen MR) is 105 cm³/mol. The molecule has 2 aliphatic rings. The van der Waals surface area contributed by atoms with Crippen LogP contribution < -0.4 is 4.90 Å². The molecule has 0 aliphatic carbocycles. The van der Waals surface area contributed by atoms with Crippen LogP contribution in [0.15, 0.2) is 36.7 Å². The molecule has 3 aromatic rings. The number of rotatable bonds is 3. The van der Waals surface area contributed by atoms with Crippen molar-refractivity contribution in [3.8, 4) is 11.8 Å². The molecule has 0 radical (unpaired) electrons. The van der Waals surface area contributed by atoms with E-state index in [0.29, 0.717) is 17.6 Å². The number of aromatic nitrogens is 6.